The first-order chi connectivity index (χ1) is 6.77. The van der Waals surface area contributed by atoms with E-state index in [2.05, 4.69) is 54.3 Å². The summed E-state index contributed by atoms with van der Waals surface area (Å²) in [7, 11) is 0. The summed E-state index contributed by atoms with van der Waals surface area (Å²) in [5.41, 5.74) is 4.93. The number of aromatic nitrogens is 1. The highest BCUT2D eigenvalue weighted by atomic mass is 79.9. The molecular weight excluding hydrogens is 270 g/mol. The molecule has 2 aromatic rings. The molecule has 0 saturated heterocycles. The summed E-state index contributed by atoms with van der Waals surface area (Å²) in [6.07, 6.45) is 0. The second kappa shape index (κ2) is 5.42. The van der Waals surface area contributed by atoms with Gasteiger partial charge in [-0.1, -0.05) is 41.7 Å². The molecule has 0 spiro atoms. The fourth-order valence-electron chi connectivity index (χ4n) is 1.45. The van der Waals surface area contributed by atoms with Crippen LogP contribution in [0, 0.1) is 13.8 Å². The van der Waals surface area contributed by atoms with Crippen molar-refractivity contribution < 1.29 is 21.5 Å². The van der Waals surface area contributed by atoms with Crippen molar-refractivity contribution in [1.82, 2.24) is 0 Å². The first-order valence-electron chi connectivity index (χ1n) is 4.75. The molecule has 0 fully saturated rings. The fraction of sp³-hybridized carbons (Fsp3) is 0.250. The molecule has 0 saturated carbocycles. The van der Waals surface area contributed by atoms with Gasteiger partial charge in [0.2, 0.25) is 5.51 Å². The molecular formula is C12H14BrNS. The SMILES string of the molecule is Cc1sc[n+](Cc2ccccc2)c1C.[Br-]. The number of aryl methyl sites for hydroxylation is 1. The van der Waals surface area contributed by atoms with Gasteiger partial charge in [0.05, 0.1) is 4.88 Å². The Morgan fingerprint density at radius 3 is 2.33 bits per heavy atom. The fourth-order valence-corrected chi connectivity index (χ4v) is 2.25. The Kier molecular flexibility index (Phi) is 4.48. The average Bonchev–Trinajstić information content (AvgIpc) is 2.52. The van der Waals surface area contributed by atoms with Crippen molar-refractivity contribution in [2.24, 2.45) is 0 Å². The minimum atomic E-state index is 0. The minimum absolute atomic E-state index is 0. The molecule has 0 aliphatic rings. The highest BCUT2D eigenvalue weighted by molar-refractivity contribution is 7.09. The van der Waals surface area contributed by atoms with Gasteiger partial charge in [0, 0.05) is 12.5 Å². The predicted molar refractivity (Wildman–Crippen MR) is 59.5 cm³/mol. The Morgan fingerprint density at radius 1 is 1.13 bits per heavy atom. The van der Waals surface area contributed by atoms with Crippen LogP contribution in [0.1, 0.15) is 16.1 Å². The number of rotatable bonds is 2. The van der Waals surface area contributed by atoms with Crippen molar-refractivity contribution in [3.8, 4) is 0 Å². The lowest BCUT2D eigenvalue weighted by molar-refractivity contribution is -0.689. The monoisotopic (exact) mass is 283 g/mol. The lowest BCUT2D eigenvalue weighted by Gasteiger charge is -1.95. The predicted octanol–water partition coefficient (Wildman–Crippen LogP) is -0.295. The number of nitrogens with zero attached hydrogens (tertiary/aromatic N) is 1. The smallest absolute Gasteiger partial charge is 0.225 e. The van der Waals surface area contributed by atoms with Gasteiger partial charge in [-0.2, -0.15) is 4.57 Å². The third-order valence-electron chi connectivity index (χ3n) is 2.49. The zero-order valence-corrected chi connectivity index (χ0v) is 11.3. The first-order valence-corrected chi connectivity index (χ1v) is 5.63. The van der Waals surface area contributed by atoms with Crippen molar-refractivity contribution in [3.63, 3.8) is 0 Å². The van der Waals surface area contributed by atoms with Gasteiger partial charge in [-0.25, -0.2) is 0 Å². The second-order valence-corrected chi connectivity index (χ2v) is 4.54. The highest BCUT2D eigenvalue weighted by Gasteiger charge is 2.11. The van der Waals surface area contributed by atoms with Gasteiger partial charge in [-0.15, -0.1) is 0 Å². The van der Waals surface area contributed by atoms with Gasteiger partial charge in [-0.3, -0.25) is 0 Å². The lowest BCUT2D eigenvalue weighted by atomic mass is 10.2. The van der Waals surface area contributed by atoms with Gasteiger partial charge in [-0.05, 0) is 6.92 Å². The Morgan fingerprint density at radius 2 is 1.80 bits per heavy atom. The van der Waals surface area contributed by atoms with Gasteiger partial charge >= 0.3 is 0 Å². The van der Waals surface area contributed by atoms with Crippen LogP contribution in [0.25, 0.3) is 0 Å². The Hall–Kier alpha value is -0.670. The van der Waals surface area contributed by atoms with Crippen molar-refractivity contribution in [3.05, 3.63) is 52.0 Å². The van der Waals surface area contributed by atoms with Crippen LogP contribution in [0.15, 0.2) is 35.8 Å². The molecule has 0 bridgehead atoms. The van der Waals surface area contributed by atoms with Crippen LogP contribution in [0.3, 0.4) is 0 Å². The number of hydrogen-bond acceptors (Lipinski definition) is 1. The molecule has 15 heavy (non-hydrogen) atoms. The lowest BCUT2D eigenvalue weighted by Crippen LogP contribution is -3.00. The Balaban J connectivity index is 0.00000112. The normalized spacial score (nSPS) is 9.73. The Labute approximate surface area is 105 Å². The van der Waals surface area contributed by atoms with E-state index in [1.54, 1.807) is 0 Å². The van der Waals surface area contributed by atoms with Crippen LogP contribution >= 0.6 is 11.3 Å². The topological polar surface area (TPSA) is 3.88 Å². The molecule has 0 amide bonds. The van der Waals surface area contributed by atoms with E-state index in [1.807, 2.05) is 11.3 Å². The van der Waals surface area contributed by atoms with E-state index in [1.165, 1.54) is 16.1 Å². The number of benzene rings is 1. The molecule has 0 radical (unpaired) electrons. The van der Waals surface area contributed by atoms with Gasteiger partial charge in [0.25, 0.3) is 0 Å². The van der Waals surface area contributed by atoms with Crippen LogP contribution in [0.2, 0.25) is 0 Å². The van der Waals surface area contributed by atoms with E-state index >= 15 is 0 Å². The quantitative estimate of drug-likeness (QED) is 0.667. The molecule has 0 aliphatic heterocycles. The van der Waals surface area contributed by atoms with Crippen LogP contribution < -0.4 is 21.5 Å². The summed E-state index contributed by atoms with van der Waals surface area (Å²) in [6, 6.07) is 10.6. The summed E-state index contributed by atoms with van der Waals surface area (Å²) >= 11 is 1.81. The van der Waals surface area contributed by atoms with Gasteiger partial charge in [0.15, 0.2) is 12.2 Å². The van der Waals surface area contributed by atoms with E-state index in [0.29, 0.717) is 0 Å². The number of thiazole rings is 1. The zero-order chi connectivity index (χ0) is 9.97. The molecule has 3 heteroatoms. The van der Waals surface area contributed by atoms with Gasteiger partial charge < -0.3 is 17.0 Å². The van der Waals surface area contributed by atoms with Crippen LogP contribution in [-0.2, 0) is 6.54 Å². The summed E-state index contributed by atoms with van der Waals surface area (Å²) in [4.78, 5) is 1.40. The van der Waals surface area contributed by atoms with Crippen molar-refractivity contribution in [2.75, 3.05) is 0 Å². The third kappa shape index (κ3) is 2.89. The average molecular weight is 284 g/mol. The third-order valence-corrected chi connectivity index (χ3v) is 3.50. The maximum Gasteiger partial charge on any atom is 0.225 e. The van der Waals surface area contributed by atoms with Crippen LogP contribution in [0.5, 0.6) is 0 Å². The zero-order valence-electron chi connectivity index (χ0n) is 8.90. The molecule has 1 nitrogen and oxygen atoms in total. The van der Waals surface area contributed by atoms with E-state index < -0.39 is 0 Å². The second-order valence-electron chi connectivity index (χ2n) is 3.48. The molecule has 1 aromatic heterocycles. The molecule has 0 atom stereocenters. The van der Waals surface area contributed by atoms with E-state index in [4.69, 9.17) is 0 Å². The van der Waals surface area contributed by atoms with Crippen molar-refractivity contribution in [1.29, 1.82) is 0 Å². The van der Waals surface area contributed by atoms with Crippen LogP contribution in [-0.4, -0.2) is 0 Å². The Bertz CT molecular complexity index is 422. The molecule has 1 heterocycles. The maximum absolute atomic E-state index is 2.30. The standard InChI is InChI=1S/C12H14NS.BrH/c1-10-11(2)14-9-13(10)8-12-6-4-3-5-7-12;/h3-7,9H,8H2,1-2H3;1H/q+1;/p-1. The first kappa shape index (κ1) is 12.4. The molecule has 0 N–H and O–H groups in total. The van der Waals surface area contributed by atoms with E-state index in [0.717, 1.165) is 6.54 Å². The maximum atomic E-state index is 2.30. The van der Waals surface area contributed by atoms with Crippen molar-refractivity contribution >= 4 is 11.3 Å². The van der Waals surface area contributed by atoms with E-state index in [9.17, 15) is 0 Å². The van der Waals surface area contributed by atoms with E-state index in [-0.39, 0.29) is 17.0 Å². The molecule has 80 valence electrons. The highest BCUT2D eigenvalue weighted by Crippen LogP contribution is 2.09. The number of hydrogen-bond donors (Lipinski definition) is 0. The van der Waals surface area contributed by atoms with Crippen LogP contribution in [0.4, 0.5) is 0 Å². The molecule has 1 aromatic carbocycles. The summed E-state index contributed by atoms with van der Waals surface area (Å²) in [6.45, 7) is 5.33. The van der Waals surface area contributed by atoms with Crippen molar-refractivity contribution in [2.45, 2.75) is 20.4 Å². The summed E-state index contributed by atoms with van der Waals surface area (Å²) in [5, 5.41) is 0. The number of halogens is 1. The summed E-state index contributed by atoms with van der Waals surface area (Å²) in [5.74, 6) is 0. The molecule has 2 rings (SSSR count). The largest absolute Gasteiger partial charge is 1.00 e. The molecule has 0 unspecified atom stereocenters. The van der Waals surface area contributed by atoms with Gasteiger partial charge in [0.1, 0.15) is 0 Å². The minimum Gasteiger partial charge on any atom is -1.00 e. The summed E-state index contributed by atoms with van der Waals surface area (Å²) < 4.78 is 2.30. The molecule has 0 aliphatic carbocycles.